The Morgan fingerprint density at radius 2 is 1.61 bits per heavy atom. The van der Waals surface area contributed by atoms with Crippen molar-refractivity contribution in [1.82, 2.24) is 5.32 Å². The van der Waals surface area contributed by atoms with E-state index >= 15 is 0 Å². The molecule has 0 radical (unpaired) electrons. The fourth-order valence-electron chi connectivity index (χ4n) is 2.15. The molecule has 0 spiro atoms. The van der Waals surface area contributed by atoms with Crippen molar-refractivity contribution in [2.45, 2.75) is 42.4 Å². The molecule has 18 heavy (non-hydrogen) atoms. The van der Waals surface area contributed by atoms with Gasteiger partial charge in [0, 0.05) is 6.04 Å². The summed E-state index contributed by atoms with van der Waals surface area (Å²) in [6, 6.07) is -1.60. The Hall–Kier alpha value is -0.320. The van der Waals surface area contributed by atoms with E-state index < -0.39 is 55.8 Å². The quantitative estimate of drug-likeness (QED) is 0.248. The van der Waals surface area contributed by atoms with E-state index in [-0.39, 0.29) is 6.42 Å². The fraction of sp³-hybridized carbons (Fsp3) is 1.00. The maximum atomic E-state index is 9.93. The molecule has 0 aromatic carbocycles. The van der Waals surface area contributed by atoms with Crippen molar-refractivity contribution in [3.8, 4) is 0 Å². The van der Waals surface area contributed by atoms with Gasteiger partial charge >= 0.3 is 0 Å². The van der Waals surface area contributed by atoms with Gasteiger partial charge in [-0.15, -0.1) is 0 Å². The molecule has 108 valence electrons. The summed E-state index contributed by atoms with van der Waals surface area (Å²) < 4.78 is 0. The molecule has 0 aromatic heterocycles. The summed E-state index contributed by atoms with van der Waals surface area (Å²) in [4.78, 5) is 0. The van der Waals surface area contributed by atoms with Crippen molar-refractivity contribution in [2.75, 3.05) is 19.8 Å². The second kappa shape index (κ2) is 6.22. The topological polar surface area (TPSA) is 154 Å². The van der Waals surface area contributed by atoms with Crippen molar-refractivity contribution >= 4 is 0 Å². The summed E-state index contributed by atoms with van der Waals surface area (Å²) in [5.74, 6) is 0. The number of aliphatic hydroxyl groups is 7. The number of hydrogen-bond acceptors (Lipinski definition) is 8. The first-order chi connectivity index (χ1) is 8.39. The van der Waals surface area contributed by atoms with Crippen molar-refractivity contribution in [2.24, 2.45) is 0 Å². The summed E-state index contributed by atoms with van der Waals surface area (Å²) in [6.07, 6.45) is -4.91. The van der Waals surface area contributed by atoms with Gasteiger partial charge in [-0.25, -0.2) is 0 Å². The van der Waals surface area contributed by atoms with Gasteiger partial charge in [-0.1, -0.05) is 0 Å². The van der Waals surface area contributed by atoms with Crippen LogP contribution in [0, 0.1) is 0 Å². The van der Waals surface area contributed by atoms with Crippen LogP contribution in [-0.4, -0.2) is 91.6 Å². The Bertz CT molecular complexity index is 263. The molecule has 0 unspecified atom stereocenters. The molecule has 8 N–H and O–H groups in total. The molecule has 0 aromatic rings. The van der Waals surface area contributed by atoms with Crippen molar-refractivity contribution in [3.63, 3.8) is 0 Å². The lowest BCUT2D eigenvalue weighted by Gasteiger charge is -2.46. The van der Waals surface area contributed by atoms with Gasteiger partial charge in [0.15, 0.2) is 0 Å². The maximum absolute atomic E-state index is 9.93. The first kappa shape index (κ1) is 15.7. The summed E-state index contributed by atoms with van der Waals surface area (Å²) >= 11 is 0. The largest absolute Gasteiger partial charge is 0.395 e. The molecule has 0 heterocycles. The summed E-state index contributed by atoms with van der Waals surface area (Å²) in [6.45, 7) is -1.56. The Kier molecular flexibility index (Phi) is 5.44. The average Bonchev–Trinajstić information content (AvgIpc) is 2.39. The average molecular weight is 267 g/mol. The van der Waals surface area contributed by atoms with Crippen LogP contribution in [0.4, 0.5) is 0 Å². The number of aliphatic hydroxyl groups excluding tert-OH is 6. The SMILES string of the molecule is OCC(CO)N[C@@H]1C[C@@](O)(CO)[C@@H](O)[C@@H](O)[C@H]1O. The Balaban J connectivity index is 2.79. The van der Waals surface area contributed by atoms with Crippen LogP contribution in [0.3, 0.4) is 0 Å². The molecule has 0 bridgehead atoms. The minimum Gasteiger partial charge on any atom is -0.395 e. The molecule has 1 saturated carbocycles. The van der Waals surface area contributed by atoms with Gasteiger partial charge in [-0.2, -0.15) is 0 Å². The van der Waals surface area contributed by atoms with Crippen LogP contribution in [0.25, 0.3) is 0 Å². The molecule has 8 nitrogen and oxygen atoms in total. The second-order valence-corrected chi connectivity index (χ2v) is 4.73. The predicted octanol–water partition coefficient (Wildman–Crippen LogP) is -4.49. The predicted molar refractivity (Wildman–Crippen MR) is 59.6 cm³/mol. The van der Waals surface area contributed by atoms with Gasteiger partial charge in [0.25, 0.3) is 0 Å². The van der Waals surface area contributed by atoms with E-state index in [1.165, 1.54) is 0 Å². The lowest BCUT2D eigenvalue weighted by Crippen LogP contribution is -2.68. The normalized spacial score (nSPS) is 41.3. The molecule has 1 fully saturated rings. The highest BCUT2D eigenvalue weighted by molar-refractivity contribution is 5.05. The van der Waals surface area contributed by atoms with Crippen molar-refractivity contribution < 1.29 is 35.7 Å². The van der Waals surface area contributed by atoms with Crippen LogP contribution < -0.4 is 5.32 Å². The minimum absolute atomic E-state index is 0.223. The van der Waals surface area contributed by atoms with Gasteiger partial charge in [-0.05, 0) is 6.42 Å². The molecular formula is C10H21NO7. The van der Waals surface area contributed by atoms with Gasteiger partial charge in [0.2, 0.25) is 0 Å². The van der Waals surface area contributed by atoms with Crippen LogP contribution >= 0.6 is 0 Å². The molecule has 1 rings (SSSR count). The monoisotopic (exact) mass is 267 g/mol. The number of nitrogens with one attached hydrogen (secondary N) is 1. The van der Waals surface area contributed by atoms with Crippen molar-refractivity contribution in [1.29, 1.82) is 0 Å². The molecule has 1 aliphatic carbocycles. The Labute approximate surface area is 104 Å². The molecule has 0 aliphatic heterocycles. The van der Waals surface area contributed by atoms with Gasteiger partial charge in [-0.3, -0.25) is 0 Å². The molecular weight excluding hydrogens is 246 g/mol. The smallest absolute Gasteiger partial charge is 0.118 e. The highest BCUT2D eigenvalue weighted by Gasteiger charge is 2.51. The Morgan fingerprint density at radius 1 is 1.06 bits per heavy atom. The highest BCUT2D eigenvalue weighted by atomic mass is 16.4. The summed E-state index contributed by atoms with van der Waals surface area (Å²) in [7, 11) is 0. The third-order valence-corrected chi connectivity index (χ3v) is 3.37. The molecule has 0 saturated heterocycles. The fourth-order valence-corrected chi connectivity index (χ4v) is 2.15. The van der Waals surface area contributed by atoms with E-state index in [9.17, 15) is 20.4 Å². The first-order valence-electron chi connectivity index (χ1n) is 5.74. The maximum Gasteiger partial charge on any atom is 0.118 e. The van der Waals surface area contributed by atoms with E-state index in [4.69, 9.17) is 15.3 Å². The second-order valence-electron chi connectivity index (χ2n) is 4.73. The van der Waals surface area contributed by atoms with E-state index in [0.29, 0.717) is 0 Å². The molecule has 8 heteroatoms. The van der Waals surface area contributed by atoms with Gasteiger partial charge in [0.1, 0.15) is 17.8 Å². The highest BCUT2D eigenvalue weighted by Crippen LogP contribution is 2.29. The standard InChI is InChI=1S/C10H21NO7/c12-2-5(3-13)11-6-1-10(18,4-14)9(17)8(16)7(6)15/h5-9,11-18H,1-4H2/t6-,7+,8+,9+,10-/m1/s1. The minimum atomic E-state index is -1.94. The number of hydrogen-bond donors (Lipinski definition) is 8. The Morgan fingerprint density at radius 3 is 2.06 bits per heavy atom. The van der Waals surface area contributed by atoms with Crippen LogP contribution in [-0.2, 0) is 0 Å². The third-order valence-electron chi connectivity index (χ3n) is 3.37. The van der Waals surface area contributed by atoms with E-state index in [1.54, 1.807) is 0 Å². The van der Waals surface area contributed by atoms with Crippen LogP contribution in [0.5, 0.6) is 0 Å². The zero-order valence-corrected chi connectivity index (χ0v) is 9.85. The van der Waals surface area contributed by atoms with E-state index in [1.807, 2.05) is 0 Å². The van der Waals surface area contributed by atoms with Crippen molar-refractivity contribution in [3.05, 3.63) is 0 Å². The zero-order chi connectivity index (χ0) is 13.9. The van der Waals surface area contributed by atoms with E-state index in [0.717, 1.165) is 0 Å². The molecule has 5 atom stereocenters. The lowest BCUT2D eigenvalue weighted by molar-refractivity contribution is -0.207. The van der Waals surface area contributed by atoms with E-state index in [2.05, 4.69) is 5.32 Å². The van der Waals surface area contributed by atoms with Crippen LogP contribution in [0.15, 0.2) is 0 Å². The van der Waals surface area contributed by atoms with Crippen LogP contribution in [0.1, 0.15) is 6.42 Å². The van der Waals surface area contributed by atoms with Gasteiger partial charge < -0.3 is 41.1 Å². The molecule has 1 aliphatic rings. The van der Waals surface area contributed by atoms with Gasteiger partial charge in [0.05, 0.1) is 32.0 Å². The summed E-state index contributed by atoms with van der Waals surface area (Å²) in [5, 5.41) is 68.4. The molecule has 0 amide bonds. The first-order valence-corrected chi connectivity index (χ1v) is 5.74. The van der Waals surface area contributed by atoms with Crippen LogP contribution in [0.2, 0.25) is 0 Å². The summed E-state index contributed by atoms with van der Waals surface area (Å²) in [5.41, 5.74) is -1.94. The third kappa shape index (κ3) is 2.98. The number of rotatable bonds is 5. The lowest BCUT2D eigenvalue weighted by atomic mass is 9.76. The zero-order valence-electron chi connectivity index (χ0n) is 9.85.